The monoisotopic (exact) mass is 321 g/mol. The van der Waals surface area contributed by atoms with Crippen LogP contribution in [0, 0.1) is 0 Å². The van der Waals surface area contributed by atoms with Crippen LogP contribution in [-0.2, 0) is 21.4 Å². The highest BCUT2D eigenvalue weighted by Gasteiger charge is 2.16. The summed E-state index contributed by atoms with van der Waals surface area (Å²) in [5.41, 5.74) is 7.88. The van der Waals surface area contributed by atoms with Gasteiger partial charge in [-0.3, -0.25) is 0 Å². The van der Waals surface area contributed by atoms with Crippen LogP contribution in [-0.4, -0.2) is 15.2 Å². The summed E-state index contributed by atoms with van der Waals surface area (Å²) in [6, 6.07) is 9.91. The number of nitrogens with one attached hydrogen (secondary N) is 1. The van der Waals surface area contributed by atoms with Crippen molar-refractivity contribution in [1.82, 2.24) is 0 Å². The van der Waals surface area contributed by atoms with Gasteiger partial charge < -0.3 is 20.5 Å². The normalized spacial score (nSPS) is 14.0. The van der Waals surface area contributed by atoms with Crippen LogP contribution in [0.5, 0.6) is 5.75 Å². The SMILES string of the molecule is Nc1ccc(Nc2ccc3c(c2)COCO3)c(S(N)(=O)=O)c1. The zero-order valence-electron chi connectivity index (χ0n) is 11.6. The Morgan fingerprint density at radius 1 is 1.14 bits per heavy atom. The molecule has 1 aliphatic heterocycles. The van der Waals surface area contributed by atoms with Crippen molar-refractivity contribution in [3.63, 3.8) is 0 Å². The molecule has 8 heteroatoms. The molecule has 1 heterocycles. The first-order chi connectivity index (χ1) is 10.4. The summed E-state index contributed by atoms with van der Waals surface area (Å²) < 4.78 is 33.9. The van der Waals surface area contributed by atoms with Crippen molar-refractivity contribution in [3.05, 3.63) is 42.0 Å². The van der Waals surface area contributed by atoms with Crippen LogP contribution in [0.4, 0.5) is 17.1 Å². The summed E-state index contributed by atoms with van der Waals surface area (Å²) in [5.74, 6) is 0.751. The Hall–Kier alpha value is -2.29. The van der Waals surface area contributed by atoms with Gasteiger partial charge in [-0.2, -0.15) is 0 Å². The smallest absolute Gasteiger partial charge is 0.240 e. The van der Waals surface area contributed by atoms with Gasteiger partial charge in [-0.05, 0) is 36.4 Å². The minimum Gasteiger partial charge on any atom is -0.467 e. The van der Waals surface area contributed by atoms with E-state index >= 15 is 0 Å². The molecule has 0 radical (unpaired) electrons. The summed E-state index contributed by atoms with van der Waals surface area (Å²) in [6.07, 6.45) is 0. The number of rotatable bonds is 3. The minimum atomic E-state index is -3.89. The molecule has 2 aromatic carbocycles. The van der Waals surface area contributed by atoms with Gasteiger partial charge >= 0.3 is 0 Å². The summed E-state index contributed by atoms with van der Waals surface area (Å²) >= 11 is 0. The molecule has 0 saturated heterocycles. The Balaban J connectivity index is 1.97. The molecule has 3 rings (SSSR count). The molecule has 5 N–H and O–H groups in total. The Morgan fingerprint density at radius 2 is 1.95 bits per heavy atom. The van der Waals surface area contributed by atoms with Gasteiger partial charge in [0.1, 0.15) is 10.6 Å². The molecular weight excluding hydrogens is 306 g/mol. The van der Waals surface area contributed by atoms with Gasteiger partial charge in [0.05, 0.1) is 12.3 Å². The summed E-state index contributed by atoms with van der Waals surface area (Å²) in [5, 5.41) is 8.26. The van der Waals surface area contributed by atoms with Crippen LogP contribution in [0.2, 0.25) is 0 Å². The first-order valence-corrected chi connectivity index (χ1v) is 8.01. The van der Waals surface area contributed by atoms with Gasteiger partial charge in [0.25, 0.3) is 0 Å². The van der Waals surface area contributed by atoms with Crippen LogP contribution in [0.15, 0.2) is 41.3 Å². The maximum Gasteiger partial charge on any atom is 0.240 e. The van der Waals surface area contributed by atoms with E-state index in [9.17, 15) is 8.42 Å². The second-order valence-corrected chi connectivity index (χ2v) is 6.39. The van der Waals surface area contributed by atoms with Crippen LogP contribution in [0.25, 0.3) is 0 Å². The maximum atomic E-state index is 11.7. The van der Waals surface area contributed by atoms with Gasteiger partial charge in [-0.15, -0.1) is 0 Å². The molecule has 0 unspecified atom stereocenters. The van der Waals surface area contributed by atoms with E-state index in [1.165, 1.54) is 6.07 Å². The first kappa shape index (κ1) is 14.6. The summed E-state index contributed by atoms with van der Waals surface area (Å²) in [6.45, 7) is 0.669. The van der Waals surface area contributed by atoms with E-state index in [4.69, 9.17) is 20.3 Å². The molecule has 0 aliphatic carbocycles. The average Bonchev–Trinajstić information content (AvgIpc) is 2.48. The molecule has 0 aromatic heterocycles. The topological polar surface area (TPSA) is 117 Å². The molecular formula is C14H15N3O4S. The zero-order valence-corrected chi connectivity index (χ0v) is 12.4. The quantitative estimate of drug-likeness (QED) is 0.738. The number of anilines is 3. The minimum absolute atomic E-state index is 0.0577. The number of ether oxygens (including phenoxy) is 2. The third-order valence-electron chi connectivity index (χ3n) is 3.21. The van der Waals surface area contributed by atoms with E-state index in [0.717, 1.165) is 11.3 Å². The van der Waals surface area contributed by atoms with Crippen LogP contribution in [0.1, 0.15) is 5.56 Å². The fourth-order valence-corrected chi connectivity index (χ4v) is 2.93. The highest BCUT2D eigenvalue weighted by atomic mass is 32.2. The molecule has 0 fully saturated rings. The van der Waals surface area contributed by atoms with Gasteiger partial charge in [-0.25, -0.2) is 13.6 Å². The van der Waals surface area contributed by atoms with Crippen LogP contribution in [0.3, 0.4) is 0 Å². The number of benzene rings is 2. The second-order valence-electron chi connectivity index (χ2n) is 4.86. The van der Waals surface area contributed by atoms with Crippen molar-refractivity contribution in [2.45, 2.75) is 11.5 Å². The predicted octanol–water partition coefficient (Wildman–Crippen LogP) is 1.53. The molecule has 1 aliphatic rings. The number of nitrogen functional groups attached to an aromatic ring is 1. The van der Waals surface area contributed by atoms with Crippen LogP contribution < -0.4 is 20.9 Å². The Morgan fingerprint density at radius 3 is 2.73 bits per heavy atom. The van der Waals surface area contributed by atoms with Crippen molar-refractivity contribution in [2.75, 3.05) is 17.8 Å². The van der Waals surface area contributed by atoms with Gasteiger partial charge in [0, 0.05) is 16.9 Å². The molecule has 22 heavy (non-hydrogen) atoms. The lowest BCUT2D eigenvalue weighted by Crippen LogP contribution is -2.15. The predicted molar refractivity (Wildman–Crippen MR) is 82.2 cm³/mol. The maximum absolute atomic E-state index is 11.7. The number of nitrogens with two attached hydrogens (primary N) is 2. The Labute approximate surface area is 127 Å². The fourth-order valence-electron chi connectivity index (χ4n) is 2.20. The first-order valence-electron chi connectivity index (χ1n) is 6.46. The van der Waals surface area contributed by atoms with Gasteiger partial charge in [-0.1, -0.05) is 0 Å². The fraction of sp³-hybridized carbons (Fsp3) is 0.143. The van der Waals surface area contributed by atoms with E-state index < -0.39 is 10.0 Å². The van der Waals surface area contributed by atoms with Crippen molar-refractivity contribution >= 4 is 27.1 Å². The highest BCUT2D eigenvalue weighted by Crippen LogP contribution is 2.30. The molecule has 7 nitrogen and oxygen atoms in total. The second kappa shape index (κ2) is 5.48. The molecule has 2 aromatic rings. The third kappa shape index (κ3) is 2.98. The van der Waals surface area contributed by atoms with Crippen LogP contribution >= 0.6 is 0 Å². The Bertz CT molecular complexity index is 821. The van der Waals surface area contributed by atoms with E-state index in [1.807, 2.05) is 6.07 Å². The lowest BCUT2D eigenvalue weighted by molar-refractivity contribution is -0.0163. The standard InChI is InChI=1S/C14H15N3O4S/c15-10-1-3-12(14(6-10)22(16,18)19)17-11-2-4-13-9(5-11)7-20-8-21-13/h1-6,17H,7-8,15H2,(H2,16,18,19). The van der Waals surface area contributed by atoms with E-state index in [1.54, 1.807) is 24.3 Å². The number of primary sulfonamides is 1. The third-order valence-corrected chi connectivity index (χ3v) is 4.16. The Kier molecular flexibility index (Phi) is 3.65. The molecule has 0 spiro atoms. The molecule has 0 bridgehead atoms. The largest absolute Gasteiger partial charge is 0.467 e. The lowest BCUT2D eigenvalue weighted by atomic mass is 10.1. The molecule has 0 saturated carbocycles. The van der Waals surface area contributed by atoms with Gasteiger partial charge in [0.2, 0.25) is 10.0 Å². The number of fused-ring (bicyclic) bond motifs is 1. The van der Waals surface area contributed by atoms with Crippen molar-refractivity contribution in [1.29, 1.82) is 0 Å². The van der Waals surface area contributed by atoms with E-state index in [2.05, 4.69) is 5.32 Å². The summed E-state index contributed by atoms with van der Waals surface area (Å²) in [4.78, 5) is -0.0577. The highest BCUT2D eigenvalue weighted by molar-refractivity contribution is 7.89. The van der Waals surface area contributed by atoms with Crippen molar-refractivity contribution in [2.24, 2.45) is 5.14 Å². The number of sulfonamides is 1. The van der Waals surface area contributed by atoms with Gasteiger partial charge in [0.15, 0.2) is 6.79 Å². The molecule has 0 amide bonds. The van der Waals surface area contributed by atoms with E-state index in [0.29, 0.717) is 23.7 Å². The zero-order chi connectivity index (χ0) is 15.7. The number of hydrogen-bond acceptors (Lipinski definition) is 6. The molecule has 0 atom stereocenters. The summed E-state index contributed by atoms with van der Waals surface area (Å²) in [7, 11) is -3.89. The number of hydrogen-bond donors (Lipinski definition) is 3. The van der Waals surface area contributed by atoms with Crippen molar-refractivity contribution < 1.29 is 17.9 Å². The van der Waals surface area contributed by atoms with E-state index in [-0.39, 0.29) is 11.7 Å². The van der Waals surface area contributed by atoms with Crippen molar-refractivity contribution in [3.8, 4) is 5.75 Å². The average molecular weight is 321 g/mol. The molecule has 116 valence electrons. The lowest BCUT2D eigenvalue weighted by Gasteiger charge is -2.19.